The Labute approximate surface area is 214 Å². The Bertz CT molecular complexity index is 1510. The topological polar surface area (TPSA) is 108 Å². The van der Waals surface area contributed by atoms with Crippen molar-refractivity contribution in [1.82, 2.24) is 9.71 Å². The van der Waals surface area contributed by atoms with Crippen molar-refractivity contribution in [1.29, 1.82) is 0 Å². The van der Waals surface area contributed by atoms with E-state index in [1.165, 1.54) is 6.07 Å². The molecule has 186 valence electrons. The Hall–Kier alpha value is -3.58. The first kappa shape index (κ1) is 25.5. The molecule has 2 aromatic carbocycles. The number of carboxylic acids is 1. The van der Waals surface area contributed by atoms with E-state index in [-0.39, 0.29) is 10.6 Å². The molecule has 0 aliphatic rings. The number of H-pyrrole nitrogens is 1. The third-order valence-electron chi connectivity index (χ3n) is 5.49. The largest absolute Gasteiger partial charge is 0.494 e. The lowest BCUT2D eigenvalue weighted by atomic mass is 10.1. The Morgan fingerprint density at radius 2 is 1.89 bits per heavy atom. The number of ether oxygens (including phenoxy) is 1. The first-order chi connectivity index (χ1) is 17.4. The number of hydrogen-bond acceptors (Lipinski definition) is 5. The number of carbonyl (C=O) groups is 1. The number of nitrogens with one attached hydrogen (secondary N) is 2. The number of hydrogen-bond donors (Lipinski definition) is 3. The zero-order chi connectivity index (χ0) is 25.5. The summed E-state index contributed by atoms with van der Waals surface area (Å²) in [5, 5.41) is 10.5. The predicted molar refractivity (Wildman–Crippen MR) is 141 cm³/mol. The monoisotopic (exact) mass is 522 g/mol. The highest BCUT2D eigenvalue weighted by molar-refractivity contribution is 7.91. The maximum absolute atomic E-state index is 12.9. The minimum Gasteiger partial charge on any atom is -0.494 e. The van der Waals surface area contributed by atoms with Crippen molar-refractivity contribution in [2.45, 2.75) is 36.4 Å². The zero-order valence-corrected chi connectivity index (χ0v) is 21.3. The van der Waals surface area contributed by atoms with Crippen molar-refractivity contribution in [3.63, 3.8) is 0 Å². The van der Waals surface area contributed by atoms with Crippen LogP contribution in [0, 0.1) is 11.8 Å². The van der Waals surface area contributed by atoms with Crippen LogP contribution in [0.3, 0.4) is 0 Å². The molecular weight excluding hydrogens is 496 g/mol. The summed E-state index contributed by atoms with van der Waals surface area (Å²) in [6.07, 6.45) is 3.78. The molecule has 4 aromatic rings. The molecular formula is C27H26N2O5S2. The lowest BCUT2D eigenvalue weighted by Gasteiger charge is -2.13. The number of aromatic amines is 1. The molecule has 1 atom stereocenters. The lowest BCUT2D eigenvalue weighted by Crippen LogP contribution is -2.41. The molecule has 2 heterocycles. The van der Waals surface area contributed by atoms with Crippen LogP contribution in [-0.4, -0.2) is 37.1 Å². The molecule has 0 aliphatic heterocycles. The highest BCUT2D eigenvalue weighted by Crippen LogP contribution is 2.23. The number of rotatable bonds is 10. The fraction of sp³-hybridized carbons (Fsp3) is 0.222. The predicted octanol–water partition coefficient (Wildman–Crippen LogP) is 4.78. The summed E-state index contributed by atoms with van der Waals surface area (Å²) in [6, 6.07) is 16.6. The Morgan fingerprint density at radius 3 is 2.64 bits per heavy atom. The zero-order valence-electron chi connectivity index (χ0n) is 19.7. The fourth-order valence-electron chi connectivity index (χ4n) is 3.58. The van der Waals surface area contributed by atoms with Crippen LogP contribution in [0.1, 0.15) is 35.8 Å². The molecule has 0 unspecified atom stereocenters. The van der Waals surface area contributed by atoms with Crippen molar-refractivity contribution in [2.24, 2.45) is 0 Å². The van der Waals surface area contributed by atoms with Crippen LogP contribution in [0.25, 0.3) is 10.9 Å². The number of aliphatic carboxylic acids is 1. The summed E-state index contributed by atoms with van der Waals surface area (Å²) in [5.74, 6) is 5.53. The van der Waals surface area contributed by atoms with E-state index in [0.717, 1.165) is 52.0 Å². The number of carboxylic acid groups (broad SMARTS) is 1. The summed E-state index contributed by atoms with van der Waals surface area (Å²) in [5.41, 5.74) is 2.36. The van der Waals surface area contributed by atoms with Crippen LogP contribution in [0.4, 0.5) is 0 Å². The van der Waals surface area contributed by atoms with Gasteiger partial charge in [-0.25, -0.2) is 8.42 Å². The molecule has 0 spiro atoms. The number of benzene rings is 2. The van der Waals surface area contributed by atoms with Crippen molar-refractivity contribution in [2.75, 3.05) is 6.61 Å². The second-order valence-corrected chi connectivity index (χ2v) is 11.2. The second kappa shape index (κ2) is 11.4. The van der Waals surface area contributed by atoms with E-state index in [1.54, 1.807) is 12.3 Å². The normalized spacial score (nSPS) is 12.1. The SMILES string of the molecule is CCCCOc1ccc(C#Cc2ccc(S(=O)(=O)N[C@H](Cc3c[nH]c4ccccc34)C(=O)O)s2)cc1. The molecule has 4 rings (SSSR count). The second-order valence-electron chi connectivity index (χ2n) is 8.17. The number of para-hydroxylation sites is 1. The van der Waals surface area contributed by atoms with Gasteiger partial charge >= 0.3 is 5.97 Å². The molecule has 0 aliphatic carbocycles. The molecule has 2 aromatic heterocycles. The van der Waals surface area contributed by atoms with Crippen molar-refractivity contribution >= 4 is 38.2 Å². The molecule has 36 heavy (non-hydrogen) atoms. The number of thiophene rings is 1. The fourth-order valence-corrected chi connectivity index (χ4v) is 5.95. The van der Waals surface area contributed by atoms with Gasteiger partial charge in [0.2, 0.25) is 0 Å². The van der Waals surface area contributed by atoms with Gasteiger partial charge in [0, 0.05) is 29.1 Å². The molecule has 0 amide bonds. The number of unbranched alkanes of at least 4 members (excludes halogenated alkanes) is 1. The Kier molecular flexibility index (Phi) is 8.10. The van der Waals surface area contributed by atoms with Gasteiger partial charge in [-0.2, -0.15) is 4.72 Å². The molecule has 3 N–H and O–H groups in total. The van der Waals surface area contributed by atoms with Gasteiger partial charge in [0.15, 0.2) is 0 Å². The number of fused-ring (bicyclic) bond motifs is 1. The van der Waals surface area contributed by atoms with E-state index in [1.807, 2.05) is 48.5 Å². The molecule has 0 bridgehead atoms. The first-order valence-electron chi connectivity index (χ1n) is 11.5. The van der Waals surface area contributed by atoms with Gasteiger partial charge in [-0.15, -0.1) is 11.3 Å². The first-order valence-corrected chi connectivity index (χ1v) is 13.8. The maximum atomic E-state index is 12.9. The summed E-state index contributed by atoms with van der Waals surface area (Å²) < 4.78 is 33.9. The molecule has 0 saturated carbocycles. The number of sulfonamides is 1. The van der Waals surface area contributed by atoms with Crippen LogP contribution in [0.5, 0.6) is 5.75 Å². The van der Waals surface area contributed by atoms with Gasteiger partial charge in [-0.3, -0.25) is 4.79 Å². The highest BCUT2D eigenvalue weighted by Gasteiger charge is 2.27. The number of aromatic nitrogens is 1. The average molecular weight is 523 g/mol. The van der Waals surface area contributed by atoms with Gasteiger partial charge in [-0.1, -0.05) is 43.4 Å². The van der Waals surface area contributed by atoms with Crippen LogP contribution >= 0.6 is 11.3 Å². The average Bonchev–Trinajstić information content (AvgIpc) is 3.51. The van der Waals surface area contributed by atoms with E-state index < -0.39 is 22.0 Å². The molecule has 0 fully saturated rings. The highest BCUT2D eigenvalue weighted by atomic mass is 32.2. The van der Waals surface area contributed by atoms with Gasteiger partial charge in [0.05, 0.1) is 11.5 Å². The van der Waals surface area contributed by atoms with Gasteiger partial charge in [-0.05, 0) is 54.4 Å². The lowest BCUT2D eigenvalue weighted by molar-refractivity contribution is -0.138. The van der Waals surface area contributed by atoms with Crippen LogP contribution in [-0.2, 0) is 21.2 Å². The minimum atomic E-state index is -4.05. The molecule has 0 radical (unpaired) electrons. The Morgan fingerprint density at radius 1 is 1.11 bits per heavy atom. The van der Waals surface area contributed by atoms with Gasteiger partial charge < -0.3 is 14.8 Å². The minimum absolute atomic E-state index is 0.00870. The van der Waals surface area contributed by atoms with Crippen LogP contribution < -0.4 is 9.46 Å². The molecule has 0 saturated heterocycles. The quantitative estimate of drug-likeness (QED) is 0.205. The van der Waals surface area contributed by atoms with Crippen molar-refractivity contribution < 1.29 is 23.1 Å². The van der Waals surface area contributed by atoms with Crippen molar-refractivity contribution in [3.05, 3.63) is 82.9 Å². The van der Waals surface area contributed by atoms with E-state index in [4.69, 9.17) is 4.74 Å². The summed E-state index contributed by atoms with van der Waals surface area (Å²) in [4.78, 5) is 15.5. The molecule has 7 nitrogen and oxygen atoms in total. The van der Waals surface area contributed by atoms with Crippen molar-refractivity contribution in [3.8, 4) is 17.6 Å². The summed E-state index contributed by atoms with van der Waals surface area (Å²) in [7, 11) is -4.05. The molecule has 9 heteroatoms. The summed E-state index contributed by atoms with van der Waals surface area (Å²) >= 11 is 0.992. The Balaban J connectivity index is 1.44. The van der Waals surface area contributed by atoms with E-state index in [0.29, 0.717) is 11.5 Å². The standard InChI is InChI=1S/C27H26N2O5S2/c1-2-3-16-34-21-11-8-19(9-12-21)10-13-22-14-15-26(35-22)36(32,33)29-25(27(30)31)17-20-18-28-24-7-5-4-6-23(20)24/h4-9,11-12,14-15,18,25,28-29H,2-3,16-17H2,1H3,(H,30,31)/t25-/m1/s1. The van der Waals surface area contributed by atoms with E-state index >= 15 is 0 Å². The van der Waals surface area contributed by atoms with E-state index in [9.17, 15) is 18.3 Å². The van der Waals surface area contributed by atoms with E-state index in [2.05, 4.69) is 28.5 Å². The van der Waals surface area contributed by atoms with Crippen LogP contribution in [0.15, 0.2) is 71.1 Å². The van der Waals surface area contributed by atoms with Gasteiger partial charge in [0.1, 0.15) is 16.0 Å². The smallest absolute Gasteiger partial charge is 0.322 e. The summed E-state index contributed by atoms with van der Waals surface area (Å²) in [6.45, 7) is 2.78. The van der Waals surface area contributed by atoms with Crippen LogP contribution in [0.2, 0.25) is 0 Å². The van der Waals surface area contributed by atoms with Gasteiger partial charge in [0.25, 0.3) is 10.0 Å². The third-order valence-corrected chi connectivity index (χ3v) is 8.46. The third kappa shape index (κ3) is 6.34. The maximum Gasteiger partial charge on any atom is 0.322 e.